The molecule has 0 aliphatic heterocycles. The van der Waals surface area contributed by atoms with Gasteiger partial charge in [0.1, 0.15) is 5.00 Å². The SMILES string of the molecule is CCOC(=O)c1nn(-c2ccc(C)cc2)c(=O)c2c(NC(=O)CN(C)S(C)(=O)=O)scc12. The number of fused-ring (bicyclic) bond motifs is 1. The molecule has 1 N–H and O–H groups in total. The molecule has 0 unspecified atom stereocenters. The van der Waals surface area contributed by atoms with Crippen molar-refractivity contribution in [2.45, 2.75) is 13.8 Å². The maximum atomic E-state index is 13.3. The monoisotopic (exact) mass is 478 g/mol. The van der Waals surface area contributed by atoms with Crippen LogP contribution in [-0.2, 0) is 19.6 Å². The molecule has 0 bridgehead atoms. The molecule has 0 radical (unpaired) electrons. The van der Waals surface area contributed by atoms with Gasteiger partial charge in [0.2, 0.25) is 15.9 Å². The van der Waals surface area contributed by atoms with Crippen LogP contribution in [0.5, 0.6) is 0 Å². The zero-order valence-electron chi connectivity index (χ0n) is 17.9. The van der Waals surface area contributed by atoms with E-state index in [1.165, 1.54) is 12.4 Å². The molecule has 32 heavy (non-hydrogen) atoms. The summed E-state index contributed by atoms with van der Waals surface area (Å²) in [6.45, 7) is 3.24. The van der Waals surface area contributed by atoms with Crippen molar-refractivity contribution < 1.29 is 22.7 Å². The molecule has 0 fully saturated rings. The number of aryl methyl sites for hydroxylation is 1. The molecule has 2 heterocycles. The molecule has 1 aromatic carbocycles. The molecule has 0 saturated carbocycles. The third-order valence-corrected chi connectivity index (χ3v) is 6.74. The molecule has 0 spiro atoms. The molecule has 3 rings (SSSR count). The van der Waals surface area contributed by atoms with Crippen molar-refractivity contribution in [1.29, 1.82) is 0 Å². The molecule has 0 aliphatic carbocycles. The lowest BCUT2D eigenvalue weighted by Gasteiger charge is -2.13. The summed E-state index contributed by atoms with van der Waals surface area (Å²) in [4.78, 5) is 38.2. The lowest BCUT2D eigenvalue weighted by atomic mass is 10.2. The second-order valence-electron chi connectivity index (χ2n) is 7.04. The highest BCUT2D eigenvalue weighted by Crippen LogP contribution is 2.30. The average molecular weight is 479 g/mol. The topological polar surface area (TPSA) is 128 Å². The number of anilines is 1. The highest BCUT2D eigenvalue weighted by atomic mass is 32.2. The van der Waals surface area contributed by atoms with Crippen LogP contribution in [-0.4, -0.2) is 60.8 Å². The highest BCUT2D eigenvalue weighted by Gasteiger charge is 2.24. The first-order chi connectivity index (χ1) is 15.0. The Bertz CT molecular complexity index is 1340. The minimum atomic E-state index is -3.56. The third-order valence-electron chi connectivity index (χ3n) is 4.59. The van der Waals surface area contributed by atoms with Gasteiger partial charge in [-0.3, -0.25) is 9.59 Å². The molecule has 0 saturated heterocycles. The van der Waals surface area contributed by atoms with Crippen molar-refractivity contribution in [3.63, 3.8) is 0 Å². The summed E-state index contributed by atoms with van der Waals surface area (Å²) in [5, 5.41) is 8.85. The van der Waals surface area contributed by atoms with E-state index in [2.05, 4.69) is 10.4 Å². The smallest absolute Gasteiger partial charge is 0.359 e. The zero-order valence-corrected chi connectivity index (χ0v) is 19.5. The third kappa shape index (κ3) is 4.87. The van der Waals surface area contributed by atoms with Crippen molar-refractivity contribution in [3.8, 4) is 5.69 Å². The number of likely N-dealkylation sites (N-methyl/N-ethyl adjacent to an activating group) is 1. The van der Waals surface area contributed by atoms with Gasteiger partial charge in [-0.25, -0.2) is 13.2 Å². The van der Waals surface area contributed by atoms with Gasteiger partial charge in [0, 0.05) is 17.8 Å². The van der Waals surface area contributed by atoms with E-state index in [0.717, 1.165) is 32.1 Å². The largest absolute Gasteiger partial charge is 0.461 e. The number of nitrogens with zero attached hydrogens (tertiary/aromatic N) is 3. The van der Waals surface area contributed by atoms with Crippen LogP contribution in [0.4, 0.5) is 5.00 Å². The van der Waals surface area contributed by atoms with Gasteiger partial charge >= 0.3 is 5.97 Å². The van der Waals surface area contributed by atoms with Crippen molar-refractivity contribution >= 4 is 49.0 Å². The van der Waals surface area contributed by atoms with E-state index < -0.39 is 34.0 Å². The van der Waals surface area contributed by atoms with Crippen LogP contribution in [0, 0.1) is 6.92 Å². The minimum Gasteiger partial charge on any atom is -0.461 e. The Hall–Kier alpha value is -3.09. The number of hydrogen-bond donors (Lipinski definition) is 1. The van der Waals surface area contributed by atoms with E-state index in [9.17, 15) is 22.8 Å². The lowest BCUT2D eigenvalue weighted by molar-refractivity contribution is -0.116. The number of nitrogens with one attached hydrogen (secondary N) is 1. The molecule has 10 nitrogen and oxygen atoms in total. The standard InChI is InChI=1S/C20H22N4O6S2/c1-5-30-20(27)17-14-11-31-18(21-15(25)10-23(3)32(4,28)29)16(14)19(26)24(22-17)13-8-6-12(2)7-9-13/h6-9,11H,5,10H2,1-4H3,(H,21,25). The number of thiophene rings is 1. The Morgan fingerprint density at radius 2 is 1.91 bits per heavy atom. The number of carbonyl (C=O) groups is 2. The summed E-state index contributed by atoms with van der Waals surface area (Å²) >= 11 is 1.03. The van der Waals surface area contributed by atoms with E-state index in [1.807, 2.05) is 6.92 Å². The Morgan fingerprint density at radius 3 is 2.50 bits per heavy atom. The van der Waals surface area contributed by atoms with E-state index >= 15 is 0 Å². The van der Waals surface area contributed by atoms with E-state index in [0.29, 0.717) is 5.69 Å². The predicted octanol–water partition coefficient (Wildman–Crippen LogP) is 1.76. The first-order valence-corrected chi connectivity index (χ1v) is 12.3. The minimum absolute atomic E-state index is 0.0629. The average Bonchev–Trinajstić information content (AvgIpc) is 3.12. The summed E-state index contributed by atoms with van der Waals surface area (Å²) < 4.78 is 30.2. The molecule has 2 aromatic heterocycles. The van der Waals surface area contributed by atoms with Gasteiger partial charge in [0.05, 0.1) is 30.5 Å². The van der Waals surface area contributed by atoms with E-state index in [4.69, 9.17) is 4.74 Å². The number of esters is 1. The van der Waals surface area contributed by atoms with Gasteiger partial charge in [-0.2, -0.15) is 14.1 Å². The number of sulfonamides is 1. The molecule has 0 aliphatic rings. The predicted molar refractivity (Wildman–Crippen MR) is 122 cm³/mol. The normalized spacial score (nSPS) is 11.7. The summed E-state index contributed by atoms with van der Waals surface area (Å²) in [7, 11) is -2.29. The van der Waals surface area contributed by atoms with Crippen molar-refractivity contribution in [3.05, 3.63) is 51.3 Å². The molecule has 3 aromatic rings. The van der Waals surface area contributed by atoms with Crippen LogP contribution in [0.25, 0.3) is 16.5 Å². The fraction of sp³-hybridized carbons (Fsp3) is 0.300. The van der Waals surface area contributed by atoms with E-state index in [-0.39, 0.29) is 28.1 Å². The fourth-order valence-corrected chi connectivity index (χ4v) is 4.14. The maximum absolute atomic E-state index is 13.3. The number of amides is 1. The number of rotatable bonds is 7. The van der Waals surface area contributed by atoms with Crippen LogP contribution < -0.4 is 10.9 Å². The molecular weight excluding hydrogens is 456 g/mol. The zero-order chi connectivity index (χ0) is 23.6. The van der Waals surface area contributed by atoms with Gasteiger partial charge in [-0.15, -0.1) is 11.3 Å². The Morgan fingerprint density at radius 1 is 1.25 bits per heavy atom. The number of carbonyl (C=O) groups excluding carboxylic acids is 2. The Labute approximate surface area is 188 Å². The highest BCUT2D eigenvalue weighted by molar-refractivity contribution is 7.88. The second kappa shape index (κ2) is 9.18. The van der Waals surface area contributed by atoms with Crippen LogP contribution in [0.3, 0.4) is 0 Å². The van der Waals surface area contributed by atoms with Crippen LogP contribution in [0.1, 0.15) is 23.0 Å². The van der Waals surface area contributed by atoms with Crippen molar-refractivity contribution in [2.75, 3.05) is 31.8 Å². The summed E-state index contributed by atoms with van der Waals surface area (Å²) in [5.41, 5.74) is 0.817. The van der Waals surface area contributed by atoms with Gasteiger partial charge < -0.3 is 10.1 Å². The van der Waals surface area contributed by atoms with Crippen LogP contribution >= 0.6 is 11.3 Å². The Kier molecular flexibility index (Phi) is 6.77. The molecule has 1 amide bonds. The Balaban J connectivity index is 2.13. The molecule has 170 valence electrons. The number of benzene rings is 1. The number of ether oxygens (including phenoxy) is 1. The second-order valence-corrected chi connectivity index (χ2v) is 10.0. The van der Waals surface area contributed by atoms with Crippen molar-refractivity contribution in [2.24, 2.45) is 0 Å². The van der Waals surface area contributed by atoms with Crippen LogP contribution in [0.15, 0.2) is 34.4 Å². The van der Waals surface area contributed by atoms with Gasteiger partial charge in [0.25, 0.3) is 5.56 Å². The van der Waals surface area contributed by atoms with Gasteiger partial charge in [-0.1, -0.05) is 17.7 Å². The number of hydrogen-bond acceptors (Lipinski definition) is 8. The first-order valence-electron chi connectivity index (χ1n) is 9.52. The van der Waals surface area contributed by atoms with Gasteiger partial charge in [0.15, 0.2) is 5.69 Å². The first kappa shape index (κ1) is 23.6. The quantitative estimate of drug-likeness (QED) is 0.513. The lowest BCUT2D eigenvalue weighted by Crippen LogP contribution is -2.34. The number of aromatic nitrogens is 2. The van der Waals surface area contributed by atoms with E-state index in [1.54, 1.807) is 31.2 Å². The van der Waals surface area contributed by atoms with Crippen molar-refractivity contribution in [1.82, 2.24) is 14.1 Å². The van der Waals surface area contributed by atoms with Gasteiger partial charge in [-0.05, 0) is 26.0 Å². The summed E-state index contributed by atoms with van der Waals surface area (Å²) in [6.07, 6.45) is 0.984. The maximum Gasteiger partial charge on any atom is 0.359 e. The fourth-order valence-electron chi connectivity index (χ4n) is 2.84. The molecular formula is C20H22N4O6S2. The summed E-state index contributed by atoms with van der Waals surface area (Å²) in [6, 6.07) is 6.98. The molecule has 0 atom stereocenters. The molecule has 12 heteroatoms. The summed E-state index contributed by atoms with van der Waals surface area (Å²) in [5.74, 6) is -1.33. The van der Waals surface area contributed by atoms with Crippen LogP contribution in [0.2, 0.25) is 0 Å².